The summed E-state index contributed by atoms with van der Waals surface area (Å²) in [5, 5.41) is 0.882. The summed E-state index contributed by atoms with van der Waals surface area (Å²) >= 11 is 15.0. The summed E-state index contributed by atoms with van der Waals surface area (Å²) in [4.78, 5) is 33.0. The van der Waals surface area contributed by atoms with Crippen molar-refractivity contribution in [1.82, 2.24) is 4.57 Å². The van der Waals surface area contributed by atoms with Crippen LogP contribution in [-0.2, 0) is 9.53 Å². The largest absolute Gasteiger partial charge is 0.463 e. The molecule has 0 aliphatic carbocycles. The molecule has 194 valence electrons. The molecule has 10 heteroatoms. The van der Waals surface area contributed by atoms with E-state index in [1.54, 1.807) is 54.5 Å². The Morgan fingerprint density at radius 3 is 2.61 bits per heavy atom. The van der Waals surface area contributed by atoms with Gasteiger partial charge in [-0.2, -0.15) is 0 Å². The van der Waals surface area contributed by atoms with Gasteiger partial charge < -0.3 is 9.15 Å². The molecular weight excluding hydrogens is 563 g/mol. The quantitative estimate of drug-likeness (QED) is 0.202. The Bertz CT molecular complexity index is 1750. The Kier molecular flexibility index (Phi) is 7.68. The van der Waals surface area contributed by atoms with Crippen molar-refractivity contribution in [3.8, 4) is 11.3 Å². The number of hydrogen-bond donors (Lipinski definition) is 0. The van der Waals surface area contributed by atoms with E-state index in [-0.39, 0.29) is 12.2 Å². The van der Waals surface area contributed by atoms with Crippen LogP contribution in [0.4, 0.5) is 0 Å². The van der Waals surface area contributed by atoms with E-state index in [9.17, 15) is 9.59 Å². The Morgan fingerprint density at radius 2 is 1.92 bits per heavy atom. The zero-order valence-electron chi connectivity index (χ0n) is 20.7. The number of fused-ring (bicyclic) bond motifs is 1. The summed E-state index contributed by atoms with van der Waals surface area (Å²) < 4.78 is 13.3. The van der Waals surface area contributed by atoms with Gasteiger partial charge in [-0.05, 0) is 68.1 Å². The molecule has 0 saturated heterocycles. The second kappa shape index (κ2) is 11.0. The lowest BCUT2D eigenvalue weighted by Gasteiger charge is -2.24. The van der Waals surface area contributed by atoms with Crippen molar-refractivity contribution < 1.29 is 13.9 Å². The number of rotatable bonds is 6. The second-order valence-corrected chi connectivity index (χ2v) is 11.1. The molecule has 1 atom stereocenters. The fourth-order valence-corrected chi connectivity index (χ4v) is 5.99. The van der Waals surface area contributed by atoms with E-state index in [2.05, 4.69) is 4.99 Å². The molecule has 0 N–H and O–H groups in total. The first-order chi connectivity index (χ1) is 18.3. The molecule has 1 unspecified atom stereocenters. The number of allylic oxidation sites excluding steroid dienone is 1. The minimum atomic E-state index is -0.660. The molecule has 0 bridgehead atoms. The van der Waals surface area contributed by atoms with Crippen LogP contribution in [0.2, 0.25) is 10.0 Å². The molecule has 5 rings (SSSR count). The first-order valence-electron chi connectivity index (χ1n) is 11.7. The monoisotopic (exact) mass is 584 g/mol. The predicted octanol–water partition coefficient (Wildman–Crippen LogP) is 6.09. The number of nitrogens with zero attached hydrogens (tertiary/aromatic N) is 2. The first-order valence-corrected chi connectivity index (χ1v) is 14.5. The van der Waals surface area contributed by atoms with Crippen molar-refractivity contribution in [2.45, 2.75) is 24.8 Å². The summed E-state index contributed by atoms with van der Waals surface area (Å²) in [5.41, 5.74) is 2.17. The maximum atomic E-state index is 13.7. The standard InChI is InChI=1S/C28H22Cl2N2O4S2/c1-4-35-27(34)24-15(2)31-28-32(25(24)16-5-9-19(37-3)10-6-16)26(33)23(38-28)14-18-8-12-22(36-18)17-7-11-20(29)21(30)13-17/h5-14,25H,4H2,1-3H3. The molecule has 0 spiro atoms. The summed E-state index contributed by atoms with van der Waals surface area (Å²) in [7, 11) is 0. The lowest BCUT2D eigenvalue weighted by molar-refractivity contribution is -0.139. The Hall–Kier alpha value is -3.04. The maximum Gasteiger partial charge on any atom is 0.338 e. The van der Waals surface area contributed by atoms with Crippen LogP contribution in [0.3, 0.4) is 0 Å². The van der Waals surface area contributed by atoms with Gasteiger partial charge in [-0.3, -0.25) is 9.36 Å². The molecule has 3 heterocycles. The van der Waals surface area contributed by atoms with E-state index in [1.165, 1.54) is 11.3 Å². The van der Waals surface area contributed by atoms with Gasteiger partial charge >= 0.3 is 5.97 Å². The number of esters is 1. The van der Waals surface area contributed by atoms with E-state index in [1.807, 2.05) is 42.7 Å². The predicted molar refractivity (Wildman–Crippen MR) is 153 cm³/mol. The van der Waals surface area contributed by atoms with Crippen molar-refractivity contribution in [3.63, 3.8) is 0 Å². The number of carbonyl (C=O) groups excluding carboxylic acids is 1. The number of halogens is 2. The average Bonchev–Trinajstić information content (AvgIpc) is 3.49. The number of furan rings is 1. The van der Waals surface area contributed by atoms with Crippen molar-refractivity contribution >= 4 is 58.3 Å². The van der Waals surface area contributed by atoms with E-state index >= 15 is 0 Å². The van der Waals surface area contributed by atoms with E-state index in [0.29, 0.717) is 42.2 Å². The molecule has 2 aromatic heterocycles. The van der Waals surface area contributed by atoms with Crippen LogP contribution >= 0.6 is 46.3 Å². The molecule has 4 aromatic rings. The van der Waals surface area contributed by atoms with Crippen LogP contribution in [0.1, 0.15) is 31.2 Å². The fraction of sp³-hybridized carbons (Fsp3) is 0.179. The molecule has 6 nitrogen and oxygen atoms in total. The highest BCUT2D eigenvalue weighted by molar-refractivity contribution is 7.98. The molecular formula is C28H22Cl2N2O4S2. The van der Waals surface area contributed by atoms with Gasteiger partial charge in [0.05, 0.1) is 38.5 Å². The van der Waals surface area contributed by atoms with Crippen molar-refractivity contribution in [1.29, 1.82) is 0 Å². The normalized spacial score (nSPS) is 15.4. The second-order valence-electron chi connectivity index (χ2n) is 8.41. The molecule has 0 fully saturated rings. The number of thiazole rings is 1. The van der Waals surface area contributed by atoms with Gasteiger partial charge in [0.15, 0.2) is 4.80 Å². The number of aromatic nitrogens is 1. The maximum absolute atomic E-state index is 13.7. The number of hydrogen-bond acceptors (Lipinski definition) is 7. The lowest BCUT2D eigenvalue weighted by atomic mass is 9.96. The minimum absolute atomic E-state index is 0.220. The van der Waals surface area contributed by atoms with Crippen LogP contribution in [0.25, 0.3) is 17.4 Å². The third-order valence-electron chi connectivity index (χ3n) is 6.05. The van der Waals surface area contributed by atoms with Crippen molar-refractivity contribution in [2.75, 3.05) is 12.9 Å². The highest BCUT2D eigenvalue weighted by atomic mass is 35.5. The topological polar surface area (TPSA) is 73.8 Å². The fourth-order valence-electron chi connectivity index (χ4n) is 4.26. The van der Waals surface area contributed by atoms with E-state index in [0.717, 1.165) is 16.0 Å². The van der Waals surface area contributed by atoms with Crippen LogP contribution < -0.4 is 14.9 Å². The van der Waals surface area contributed by atoms with E-state index < -0.39 is 12.0 Å². The summed E-state index contributed by atoms with van der Waals surface area (Å²) in [5.74, 6) is 0.604. The SMILES string of the molecule is CCOC(=O)C1=C(C)N=c2sc(=Cc3ccc(-c4ccc(Cl)c(Cl)c4)o3)c(=O)n2C1c1ccc(SC)cc1. The lowest BCUT2D eigenvalue weighted by Crippen LogP contribution is -2.39. The Balaban J connectivity index is 1.62. The van der Waals surface area contributed by atoms with Gasteiger partial charge in [0.25, 0.3) is 5.56 Å². The number of carbonyl (C=O) groups is 1. The summed E-state index contributed by atoms with van der Waals surface area (Å²) in [6.45, 7) is 3.74. The van der Waals surface area contributed by atoms with Gasteiger partial charge in [0, 0.05) is 16.5 Å². The number of benzene rings is 2. The highest BCUT2D eigenvalue weighted by Gasteiger charge is 2.33. The third kappa shape index (κ3) is 5.01. The summed E-state index contributed by atoms with van der Waals surface area (Å²) in [6, 6.07) is 16.0. The number of ether oxygens (including phenoxy) is 1. The van der Waals surface area contributed by atoms with Crippen LogP contribution in [0.15, 0.2) is 85.0 Å². The molecule has 38 heavy (non-hydrogen) atoms. The highest BCUT2D eigenvalue weighted by Crippen LogP contribution is 2.32. The molecule has 1 aliphatic heterocycles. The summed E-state index contributed by atoms with van der Waals surface area (Å²) in [6.07, 6.45) is 3.68. The number of thioether (sulfide) groups is 1. The first kappa shape index (κ1) is 26.6. The Labute approximate surface area is 236 Å². The van der Waals surface area contributed by atoms with Gasteiger partial charge in [0.1, 0.15) is 11.5 Å². The van der Waals surface area contributed by atoms with Gasteiger partial charge in [-0.1, -0.05) is 46.7 Å². The van der Waals surface area contributed by atoms with Gasteiger partial charge in [0.2, 0.25) is 0 Å². The van der Waals surface area contributed by atoms with Crippen molar-refractivity contribution in [2.24, 2.45) is 4.99 Å². The zero-order valence-corrected chi connectivity index (χ0v) is 23.8. The average molecular weight is 586 g/mol. The molecule has 1 aliphatic rings. The molecule has 0 amide bonds. The molecule has 0 radical (unpaired) electrons. The molecule has 2 aromatic carbocycles. The minimum Gasteiger partial charge on any atom is -0.463 e. The van der Waals surface area contributed by atoms with Crippen LogP contribution in [0, 0.1) is 0 Å². The molecule has 0 saturated carbocycles. The van der Waals surface area contributed by atoms with Gasteiger partial charge in [-0.15, -0.1) is 11.8 Å². The van der Waals surface area contributed by atoms with E-state index in [4.69, 9.17) is 32.4 Å². The Morgan fingerprint density at radius 1 is 1.16 bits per heavy atom. The van der Waals surface area contributed by atoms with Crippen LogP contribution in [0.5, 0.6) is 0 Å². The van der Waals surface area contributed by atoms with Gasteiger partial charge in [-0.25, -0.2) is 9.79 Å². The third-order valence-corrected chi connectivity index (χ3v) is 8.52. The smallest absolute Gasteiger partial charge is 0.338 e. The zero-order chi connectivity index (χ0) is 27.0. The van der Waals surface area contributed by atoms with Crippen molar-refractivity contribution in [3.05, 3.63) is 107 Å². The van der Waals surface area contributed by atoms with Crippen LogP contribution in [-0.4, -0.2) is 23.4 Å².